The number of allylic oxidation sites excluding steroid dienone is 1. The Labute approximate surface area is 238 Å². The lowest BCUT2D eigenvalue weighted by molar-refractivity contribution is -0.139. The first-order valence-corrected chi connectivity index (χ1v) is 14.3. The molecule has 0 amide bonds. The highest BCUT2D eigenvalue weighted by molar-refractivity contribution is 14.1. The van der Waals surface area contributed by atoms with E-state index in [1.165, 1.54) is 14.9 Å². The molecule has 194 valence electrons. The van der Waals surface area contributed by atoms with Crippen molar-refractivity contribution in [2.45, 2.75) is 40.7 Å². The van der Waals surface area contributed by atoms with Crippen molar-refractivity contribution in [3.63, 3.8) is 0 Å². The Kier molecular flexibility index (Phi) is 7.28. The Bertz CT molecular complexity index is 1760. The van der Waals surface area contributed by atoms with E-state index >= 15 is 0 Å². The molecule has 2 aromatic carbocycles. The maximum absolute atomic E-state index is 13.9. The number of carbonyl (C=O) groups is 1. The fourth-order valence-corrected chi connectivity index (χ4v) is 6.32. The van der Waals surface area contributed by atoms with Crippen molar-refractivity contribution in [1.29, 1.82) is 0 Å². The fourth-order valence-electron chi connectivity index (χ4n) is 4.92. The van der Waals surface area contributed by atoms with Gasteiger partial charge in [0.25, 0.3) is 5.56 Å². The number of esters is 1. The average molecular weight is 638 g/mol. The summed E-state index contributed by atoms with van der Waals surface area (Å²) in [5.41, 5.74) is 6.92. The second-order valence-electron chi connectivity index (χ2n) is 9.35. The lowest BCUT2D eigenvalue weighted by atomic mass is 9.95. The first-order chi connectivity index (χ1) is 18.2. The van der Waals surface area contributed by atoms with Crippen LogP contribution in [0.5, 0.6) is 0 Å². The molecule has 4 aromatic rings. The summed E-state index contributed by atoms with van der Waals surface area (Å²) in [6.45, 7) is 9.96. The summed E-state index contributed by atoms with van der Waals surface area (Å²) in [6.07, 6.45) is 1.94. The minimum absolute atomic E-state index is 0.173. The molecule has 0 saturated carbocycles. The van der Waals surface area contributed by atoms with Crippen molar-refractivity contribution in [3.05, 3.63) is 117 Å². The van der Waals surface area contributed by atoms with Crippen LogP contribution in [0.3, 0.4) is 0 Å². The number of ether oxygens (including phenoxy) is 1. The molecule has 3 heterocycles. The largest absolute Gasteiger partial charge is 0.463 e. The molecule has 1 unspecified atom stereocenters. The number of thiazole rings is 1. The van der Waals surface area contributed by atoms with Crippen molar-refractivity contribution in [2.24, 2.45) is 4.99 Å². The van der Waals surface area contributed by atoms with E-state index in [0.29, 0.717) is 20.6 Å². The standard InChI is InChI=1S/C30H28IN3O3S/c1-6-37-29(36)26-19(4)32-30-34(27(26)21-9-7-17(2)8-10-21)28(35)25(38-30)16-22-15-18(3)33(20(22)5)24-13-11-23(31)12-14-24/h7-16,27H,6H2,1-5H3. The molecule has 1 atom stereocenters. The third-order valence-corrected chi connectivity index (χ3v) is 8.45. The summed E-state index contributed by atoms with van der Waals surface area (Å²) in [6, 6.07) is 17.8. The van der Waals surface area contributed by atoms with Crippen LogP contribution < -0.4 is 14.9 Å². The van der Waals surface area contributed by atoms with E-state index in [2.05, 4.69) is 76.3 Å². The Hall–Kier alpha value is -3.24. The molecule has 1 aliphatic rings. The van der Waals surface area contributed by atoms with Crippen LogP contribution in [0.4, 0.5) is 0 Å². The highest BCUT2D eigenvalue weighted by Crippen LogP contribution is 2.31. The zero-order chi connectivity index (χ0) is 27.1. The number of halogens is 1. The average Bonchev–Trinajstić information content (AvgIpc) is 3.34. The van der Waals surface area contributed by atoms with Gasteiger partial charge in [-0.2, -0.15) is 0 Å². The maximum atomic E-state index is 13.9. The first-order valence-electron chi connectivity index (χ1n) is 12.4. The van der Waals surface area contributed by atoms with Crippen molar-refractivity contribution < 1.29 is 9.53 Å². The quantitative estimate of drug-likeness (QED) is 0.226. The Morgan fingerprint density at radius 1 is 1.08 bits per heavy atom. The van der Waals surface area contributed by atoms with Gasteiger partial charge in [0.05, 0.1) is 28.5 Å². The Morgan fingerprint density at radius 3 is 2.42 bits per heavy atom. The zero-order valence-electron chi connectivity index (χ0n) is 21.9. The highest BCUT2D eigenvalue weighted by atomic mass is 127. The molecule has 8 heteroatoms. The van der Waals surface area contributed by atoms with Crippen LogP contribution in [-0.4, -0.2) is 21.7 Å². The molecule has 0 radical (unpaired) electrons. The molecular weight excluding hydrogens is 609 g/mol. The number of aryl methyl sites for hydroxylation is 2. The van der Waals surface area contributed by atoms with E-state index < -0.39 is 12.0 Å². The van der Waals surface area contributed by atoms with Crippen LogP contribution in [-0.2, 0) is 9.53 Å². The second kappa shape index (κ2) is 10.5. The van der Waals surface area contributed by atoms with Gasteiger partial charge in [-0.1, -0.05) is 41.2 Å². The molecule has 0 fully saturated rings. The highest BCUT2D eigenvalue weighted by Gasteiger charge is 2.33. The van der Waals surface area contributed by atoms with Crippen LogP contribution >= 0.6 is 33.9 Å². The van der Waals surface area contributed by atoms with Gasteiger partial charge in [-0.15, -0.1) is 0 Å². The summed E-state index contributed by atoms with van der Waals surface area (Å²) in [5, 5.41) is 0. The lowest BCUT2D eigenvalue weighted by Gasteiger charge is -2.24. The van der Waals surface area contributed by atoms with Gasteiger partial charge >= 0.3 is 5.97 Å². The molecule has 0 N–H and O–H groups in total. The molecule has 38 heavy (non-hydrogen) atoms. The summed E-state index contributed by atoms with van der Waals surface area (Å²) in [5.74, 6) is -0.449. The van der Waals surface area contributed by atoms with Gasteiger partial charge in [0.15, 0.2) is 4.80 Å². The SMILES string of the molecule is CCOC(=O)C1=C(C)N=c2sc(=Cc3cc(C)n(-c4ccc(I)cc4)c3C)c(=O)n2C1c1ccc(C)cc1. The summed E-state index contributed by atoms with van der Waals surface area (Å²) in [4.78, 5) is 32.2. The number of rotatable bonds is 5. The molecule has 5 rings (SSSR count). The monoisotopic (exact) mass is 637 g/mol. The molecule has 0 aliphatic carbocycles. The van der Waals surface area contributed by atoms with Crippen LogP contribution in [0.15, 0.2) is 75.7 Å². The smallest absolute Gasteiger partial charge is 0.338 e. The van der Waals surface area contributed by atoms with Gasteiger partial charge in [-0.25, -0.2) is 9.79 Å². The number of hydrogen-bond donors (Lipinski definition) is 0. The van der Waals surface area contributed by atoms with Gasteiger partial charge in [0.2, 0.25) is 0 Å². The molecule has 0 bridgehead atoms. The van der Waals surface area contributed by atoms with Crippen molar-refractivity contribution in [3.8, 4) is 5.69 Å². The van der Waals surface area contributed by atoms with E-state index in [0.717, 1.165) is 33.8 Å². The van der Waals surface area contributed by atoms with Crippen LogP contribution in [0.1, 0.15) is 48.0 Å². The Balaban J connectivity index is 1.68. The van der Waals surface area contributed by atoms with Crippen LogP contribution in [0, 0.1) is 24.3 Å². The topological polar surface area (TPSA) is 65.6 Å². The maximum Gasteiger partial charge on any atom is 0.338 e. The van der Waals surface area contributed by atoms with Gasteiger partial charge in [-0.3, -0.25) is 9.36 Å². The number of benzene rings is 2. The minimum Gasteiger partial charge on any atom is -0.463 e. The number of carbonyl (C=O) groups excluding carboxylic acids is 1. The zero-order valence-corrected chi connectivity index (χ0v) is 24.9. The fraction of sp³-hybridized carbons (Fsp3) is 0.233. The number of fused-ring (bicyclic) bond motifs is 1. The van der Waals surface area contributed by atoms with E-state index in [1.54, 1.807) is 18.4 Å². The van der Waals surface area contributed by atoms with Crippen LogP contribution in [0.25, 0.3) is 11.8 Å². The second-order valence-corrected chi connectivity index (χ2v) is 11.6. The summed E-state index contributed by atoms with van der Waals surface area (Å²) < 4.78 is 11.0. The van der Waals surface area contributed by atoms with Crippen LogP contribution in [0.2, 0.25) is 0 Å². The van der Waals surface area contributed by atoms with E-state index in [1.807, 2.05) is 37.3 Å². The minimum atomic E-state index is -0.604. The van der Waals surface area contributed by atoms with Crippen molar-refractivity contribution >= 4 is 46.0 Å². The third-order valence-electron chi connectivity index (χ3n) is 6.75. The number of aromatic nitrogens is 2. The van der Waals surface area contributed by atoms with Gasteiger partial charge in [-0.05, 0) is 105 Å². The molecule has 6 nitrogen and oxygen atoms in total. The molecule has 0 saturated heterocycles. The Morgan fingerprint density at radius 2 is 1.76 bits per heavy atom. The predicted octanol–water partition coefficient (Wildman–Crippen LogP) is 5.12. The van der Waals surface area contributed by atoms with Gasteiger partial charge in [0, 0.05) is 20.6 Å². The van der Waals surface area contributed by atoms with Crippen molar-refractivity contribution in [1.82, 2.24) is 9.13 Å². The lowest BCUT2D eigenvalue weighted by Crippen LogP contribution is -2.39. The normalized spacial score (nSPS) is 15.4. The summed E-state index contributed by atoms with van der Waals surface area (Å²) >= 11 is 3.64. The van der Waals surface area contributed by atoms with E-state index in [4.69, 9.17) is 4.74 Å². The van der Waals surface area contributed by atoms with Crippen molar-refractivity contribution in [2.75, 3.05) is 6.61 Å². The third kappa shape index (κ3) is 4.71. The summed E-state index contributed by atoms with van der Waals surface area (Å²) in [7, 11) is 0. The molecule has 1 aliphatic heterocycles. The predicted molar refractivity (Wildman–Crippen MR) is 160 cm³/mol. The first kappa shape index (κ1) is 26.4. The molecular formula is C30H28IN3O3S. The number of nitrogens with zero attached hydrogens (tertiary/aromatic N) is 3. The van der Waals surface area contributed by atoms with E-state index in [-0.39, 0.29) is 12.2 Å². The molecule has 2 aromatic heterocycles. The van der Waals surface area contributed by atoms with Gasteiger partial charge in [0.1, 0.15) is 0 Å². The van der Waals surface area contributed by atoms with E-state index in [9.17, 15) is 9.59 Å². The molecule has 0 spiro atoms. The number of hydrogen-bond acceptors (Lipinski definition) is 5. The van der Waals surface area contributed by atoms with Gasteiger partial charge < -0.3 is 9.30 Å².